The van der Waals surface area contributed by atoms with E-state index in [9.17, 15) is 5.11 Å². The van der Waals surface area contributed by atoms with E-state index in [-0.39, 0.29) is 11.6 Å². The molecule has 1 rings (SSSR count). The second-order valence-corrected chi connectivity index (χ2v) is 11.7. The Bertz CT molecular complexity index is 413. The zero-order valence-corrected chi connectivity index (χ0v) is 24.0. The average molecular weight is 569 g/mol. The maximum absolute atomic E-state index is 9.45. The van der Waals surface area contributed by atoms with E-state index in [2.05, 4.69) is 62.6 Å². The molecule has 1 N–H and O–H groups in total. The van der Waals surface area contributed by atoms with Crippen molar-refractivity contribution in [2.45, 2.75) is 139 Å². The zero-order chi connectivity index (χ0) is 22.9. The van der Waals surface area contributed by atoms with Crippen LogP contribution in [-0.4, -0.2) is 51.2 Å². The quantitative estimate of drug-likeness (QED) is 0.0910. The molecule has 0 saturated carbocycles. The van der Waals surface area contributed by atoms with E-state index in [1.165, 1.54) is 109 Å². The highest BCUT2D eigenvalue weighted by atomic mass is 79.9. The van der Waals surface area contributed by atoms with Gasteiger partial charge >= 0.3 is 0 Å². The molecule has 4 unspecified atom stereocenters. The van der Waals surface area contributed by atoms with Crippen LogP contribution in [-0.2, 0) is 0 Å². The molecule has 4 atom stereocenters. The van der Waals surface area contributed by atoms with E-state index in [1.807, 2.05) is 0 Å². The summed E-state index contributed by atoms with van der Waals surface area (Å²) < 4.78 is 0. The summed E-state index contributed by atoms with van der Waals surface area (Å²) in [7, 11) is 2.19. The van der Waals surface area contributed by atoms with Crippen molar-refractivity contribution in [2.24, 2.45) is 5.92 Å². The fourth-order valence-corrected chi connectivity index (χ4v) is 6.51. The van der Waals surface area contributed by atoms with Crippen molar-refractivity contribution in [1.29, 1.82) is 0 Å². The lowest BCUT2D eigenvalue weighted by atomic mass is 9.98. The molecule has 0 radical (unpaired) electrons. The second-order valence-electron chi connectivity index (χ2n) is 9.86. The molecule has 0 bridgehead atoms. The molecule has 0 aromatic heterocycles. The third-order valence-electron chi connectivity index (χ3n) is 7.07. The predicted octanol–water partition coefficient (Wildman–Crippen LogP) is 8.28. The Labute approximate surface area is 211 Å². The van der Waals surface area contributed by atoms with Crippen LogP contribution in [0.5, 0.6) is 0 Å². The Morgan fingerprint density at radius 1 is 0.710 bits per heavy atom. The number of likely N-dealkylation sites (N-methyl/N-ethyl adjacent to an activating group) is 1. The number of alkyl halides is 2. The van der Waals surface area contributed by atoms with Crippen molar-refractivity contribution in [3.8, 4) is 0 Å². The molecule has 0 amide bonds. The molecule has 0 aromatic rings. The smallest absolute Gasteiger partial charge is 0.0927 e. The van der Waals surface area contributed by atoms with Crippen LogP contribution in [0.25, 0.3) is 0 Å². The molecule has 5 heteroatoms. The molecular formula is C26H52Br2N2O. The first-order valence-corrected chi connectivity index (χ1v) is 15.2. The highest BCUT2D eigenvalue weighted by molar-refractivity contribution is 9.12. The molecule has 3 nitrogen and oxygen atoms in total. The second kappa shape index (κ2) is 19.2. The fraction of sp³-hybridized carbons (Fsp3) is 1.00. The molecule has 1 fully saturated rings. The van der Waals surface area contributed by atoms with Gasteiger partial charge in [0.1, 0.15) is 0 Å². The van der Waals surface area contributed by atoms with Crippen LogP contribution in [0, 0.1) is 5.92 Å². The highest BCUT2D eigenvalue weighted by Crippen LogP contribution is 2.37. The Balaban J connectivity index is 1.96. The van der Waals surface area contributed by atoms with Crippen molar-refractivity contribution in [1.82, 2.24) is 9.80 Å². The SMILES string of the molecule is CCCCCCCCCCCCCCCCCCC(C)C1N(C)C(Br)C(Br)N1CCO. The summed E-state index contributed by atoms with van der Waals surface area (Å²) in [6.07, 6.45) is 24.5. The first kappa shape index (κ1) is 29.9. The Hall–Kier alpha value is 0.840. The van der Waals surface area contributed by atoms with Crippen molar-refractivity contribution < 1.29 is 5.11 Å². The van der Waals surface area contributed by atoms with Crippen molar-refractivity contribution in [3.05, 3.63) is 0 Å². The summed E-state index contributed by atoms with van der Waals surface area (Å²) in [6, 6.07) is 0. The lowest BCUT2D eigenvalue weighted by molar-refractivity contribution is 0.0778. The predicted molar refractivity (Wildman–Crippen MR) is 144 cm³/mol. The van der Waals surface area contributed by atoms with E-state index in [1.54, 1.807) is 0 Å². The minimum atomic E-state index is 0.220. The van der Waals surface area contributed by atoms with Gasteiger partial charge in [0.25, 0.3) is 0 Å². The lowest BCUT2D eigenvalue weighted by Gasteiger charge is -2.33. The van der Waals surface area contributed by atoms with Crippen LogP contribution in [0.3, 0.4) is 0 Å². The molecule has 0 spiro atoms. The number of unbranched alkanes of at least 4 members (excludes halogenated alkanes) is 15. The standard InChI is InChI=1S/C26H52Br2N2O/c1-4-5-6-7-8-9-10-11-12-13-14-15-16-17-18-19-20-23(2)26-29(3)24(27)25(28)30(26)21-22-31/h23-26,31H,4-22H2,1-3H3. The van der Waals surface area contributed by atoms with Crippen molar-refractivity contribution in [2.75, 3.05) is 20.2 Å². The van der Waals surface area contributed by atoms with Gasteiger partial charge in [-0.05, 0) is 19.4 Å². The van der Waals surface area contributed by atoms with Gasteiger partial charge in [0.15, 0.2) is 0 Å². The van der Waals surface area contributed by atoms with Gasteiger partial charge in [-0.1, -0.05) is 148 Å². The number of aliphatic hydroxyl groups excluding tert-OH is 1. The molecule has 0 aromatic carbocycles. The van der Waals surface area contributed by atoms with E-state index in [0.717, 1.165) is 6.54 Å². The maximum atomic E-state index is 9.45. The first-order valence-electron chi connectivity index (χ1n) is 13.4. The van der Waals surface area contributed by atoms with Crippen LogP contribution in [0.2, 0.25) is 0 Å². The highest BCUT2D eigenvalue weighted by Gasteiger charge is 2.44. The number of hydrogen-bond acceptors (Lipinski definition) is 3. The van der Waals surface area contributed by atoms with E-state index in [0.29, 0.717) is 17.0 Å². The van der Waals surface area contributed by atoms with Crippen LogP contribution in [0.1, 0.15) is 123 Å². The lowest BCUT2D eigenvalue weighted by Crippen LogP contribution is -2.44. The average Bonchev–Trinajstić information content (AvgIpc) is 2.97. The first-order chi connectivity index (χ1) is 15.0. The number of aliphatic hydroxyl groups is 1. The molecule has 1 heterocycles. The van der Waals surface area contributed by atoms with Gasteiger partial charge in [-0.15, -0.1) is 0 Å². The van der Waals surface area contributed by atoms with Gasteiger partial charge in [-0.25, -0.2) is 0 Å². The van der Waals surface area contributed by atoms with Crippen molar-refractivity contribution >= 4 is 31.9 Å². The van der Waals surface area contributed by atoms with Gasteiger partial charge in [0, 0.05) is 6.54 Å². The monoisotopic (exact) mass is 566 g/mol. The van der Waals surface area contributed by atoms with Gasteiger partial charge in [0.2, 0.25) is 0 Å². The van der Waals surface area contributed by atoms with Gasteiger partial charge in [0.05, 0.1) is 22.7 Å². The van der Waals surface area contributed by atoms with Crippen LogP contribution in [0.4, 0.5) is 0 Å². The maximum Gasteiger partial charge on any atom is 0.0927 e. The van der Waals surface area contributed by atoms with Gasteiger partial charge < -0.3 is 5.11 Å². The van der Waals surface area contributed by atoms with E-state index < -0.39 is 0 Å². The number of halogens is 2. The Morgan fingerprint density at radius 2 is 1.13 bits per heavy atom. The number of nitrogens with zero attached hydrogens (tertiary/aromatic N) is 2. The largest absolute Gasteiger partial charge is 0.395 e. The molecule has 1 aliphatic rings. The van der Waals surface area contributed by atoms with Gasteiger partial charge in [-0.3, -0.25) is 9.80 Å². The third-order valence-corrected chi connectivity index (χ3v) is 9.95. The number of β-amino-alcohol motifs (C(OH)–C–C–N with tert-alkyl or cyclic N) is 1. The summed E-state index contributed by atoms with van der Waals surface area (Å²) in [5.41, 5.74) is 0. The zero-order valence-electron chi connectivity index (χ0n) is 20.8. The molecule has 186 valence electrons. The Morgan fingerprint density at radius 3 is 1.55 bits per heavy atom. The number of hydrogen-bond donors (Lipinski definition) is 1. The van der Waals surface area contributed by atoms with Crippen LogP contribution in [0.15, 0.2) is 0 Å². The minimum Gasteiger partial charge on any atom is -0.395 e. The minimum absolute atomic E-state index is 0.220. The van der Waals surface area contributed by atoms with Crippen LogP contribution >= 0.6 is 31.9 Å². The summed E-state index contributed by atoms with van der Waals surface area (Å²) in [5.74, 6) is 0.616. The number of rotatable bonds is 20. The Kier molecular flexibility index (Phi) is 18.5. The van der Waals surface area contributed by atoms with E-state index >= 15 is 0 Å². The van der Waals surface area contributed by atoms with E-state index in [4.69, 9.17) is 0 Å². The fourth-order valence-electron chi connectivity index (χ4n) is 5.14. The molecular weight excluding hydrogens is 516 g/mol. The normalized spacial score (nSPS) is 23.6. The third kappa shape index (κ3) is 12.2. The topological polar surface area (TPSA) is 26.7 Å². The summed E-state index contributed by atoms with van der Waals surface area (Å²) in [5, 5.41) is 9.45. The van der Waals surface area contributed by atoms with Crippen LogP contribution < -0.4 is 0 Å². The molecule has 31 heavy (non-hydrogen) atoms. The molecule has 1 saturated heterocycles. The summed E-state index contributed by atoms with van der Waals surface area (Å²) in [4.78, 5) is 5.38. The van der Waals surface area contributed by atoms with Gasteiger partial charge in [-0.2, -0.15) is 0 Å². The molecule has 1 aliphatic heterocycles. The molecule has 0 aliphatic carbocycles. The van der Waals surface area contributed by atoms with Crippen molar-refractivity contribution in [3.63, 3.8) is 0 Å². The summed E-state index contributed by atoms with van der Waals surface area (Å²) in [6.45, 7) is 5.62. The summed E-state index contributed by atoms with van der Waals surface area (Å²) >= 11 is 7.59.